The second kappa shape index (κ2) is 16.5. The van der Waals surface area contributed by atoms with E-state index in [4.69, 9.17) is 10.1 Å². The number of benzene rings is 3. The van der Waals surface area contributed by atoms with Gasteiger partial charge in [0.15, 0.2) is 11.5 Å². The molecule has 3 N–H and O–H groups in total. The van der Waals surface area contributed by atoms with Crippen LogP contribution in [0.4, 0.5) is 5.82 Å². The normalized spacial score (nSPS) is 19.2. The lowest BCUT2D eigenvalue weighted by atomic mass is 9.71. The van der Waals surface area contributed by atoms with Crippen LogP contribution in [0.2, 0.25) is 0 Å². The summed E-state index contributed by atoms with van der Waals surface area (Å²) in [7, 11) is 0. The number of Topliss-reactive ketones (excluding diaryl/α,β-unsaturated/α-hetero) is 2. The van der Waals surface area contributed by atoms with Gasteiger partial charge in [-0.05, 0) is 116 Å². The summed E-state index contributed by atoms with van der Waals surface area (Å²) in [6.45, 7) is 0.319. The van der Waals surface area contributed by atoms with Gasteiger partial charge in [0.05, 0.1) is 12.5 Å². The maximum Gasteiger partial charge on any atom is 0.161 e. The number of carbonyl (C=O) groups excluding carboxylic acids is 2. The third-order valence-electron chi connectivity index (χ3n) is 11.7. The van der Waals surface area contributed by atoms with Crippen LogP contribution in [-0.2, 0) is 35.3 Å². The number of hydrogen-bond acceptors (Lipinski definition) is 5. The second-order valence-electron chi connectivity index (χ2n) is 15.7. The molecular weight excluding hydrogens is 687 g/mol. The van der Waals surface area contributed by atoms with E-state index in [0.717, 1.165) is 107 Å². The van der Waals surface area contributed by atoms with E-state index in [1.165, 1.54) is 0 Å². The van der Waals surface area contributed by atoms with Crippen molar-refractivity contribution in [1.82, 2.24) is 9.97 Å². The lowest BCUT2D eigenvalue weighted by molar-refractivity contribution is -0.129. The largest absolute Gasteiger partial charge is 0.664 e. The summed E-state index contributed by atoms with van der Waals surface area (Å²) in [6.07, 6.45) is 15.1. The van der Waals surface area contributed by atoms with Gasteiger partial charge in [0, 0.05) is 24.3 Å². The van der Waals surface area contributed by atoms with Crippen molar-refractivity contribution in [2.24, 2.45) is 5.92 Å². The Morgan fingerprint density at radius 2 is 1.64 bits per heavy atom. The van der Waals surface area contributed by atoms with Crippen molar-refractivity contribution in [3.63, 3.8) is 0 Å². The molecule has 1 fully saturated rings. The van der Waals surface area contributed by atoms with Crippen molar-refractivity contribution in [3.05, 3.63) is 141 Å². The quantitative estimate of drug-likeness (QED) is 0.113. The number of fused-ring (bicyclic) bond motifs is 7. The number of aromatic hydroxyl groups is 2. The van der Waals surface area contributed by atoms with E-state index in [1.807, 2.05) is 48.8 Å². The monoisotopic (exact) mass is 735 g/mol. The number of aromatic amines is 1. The Hall–Kier alpha value is -5.50. The third kappa shape index (κ3) is 8.59. The molecule has 5 aromatic rings. The van der Waals surface area contributed by atoms with Gasteiger partial charge in [0.25, 0.3) is 0 Å². The second-order valence-corrected chi connectivity index (χ2v) is 15.7. The number of hydrogen-bond donors (Lipinski definition) is 3. The zero-order chi connectivity index (χ0) is 37.7. The number of aromatic nitrogens is 2. The smallest absolute Gasteiger partial charge is 0.161 e. The zero-order valence-electron chi connectivity index (χ0n) is 31.3. The number of rotatable bonds is 7. The Morgan fingerprint density at radius 3 is 2.47 bits per heavy atom. The molecule has 55 heavy (non-hydrogen) atoms. The number of ketones is 2. The average Bonchev–Trinajstić information content (AvgIpc) is 3.96. The summed E-state index contributed by atoms with van der Waals surface area (Å²) >= 11 is 0. The fraction of sp³-hybridized carbons (Fsp3) is 0.362. The van der Waals surface area contributed by atoms with E-state index in [1.54, 1.807) is 12.1 Å². The van der Waals surface area contributed by atoms with Crippen LogP contribution in [0.1, 0.15) is 108 Å². The number of ether oxygens (including phenoxy) is 1. The van der Waals surface area contributed by atoms with Crippen molar-refractivity contribution in [2.45, 2.75) is 95.5 Å². The molecule has 3 aliphatic rings. The molecule has 3 heterocycles. The van der Waals surface area contributed by atoms with Gasteiger partial charge in [-0.1, -0.05) is 90.2 Å². The fourth-order valence-electron chi connectivity index (χ4n) is 8.90. The highest BCUT2D eigenvalue weighted by Gasteiger charge is 2.35. The van der Waals surface area contributed by atoms with Crippen molar-refractivity contribution in [1.29, 1.82) is 0 Å². The molecule has 8 rings (SSSR count). The fourth-order valence-corrected chi connectivity index (χ4v) is 8.90. The van der Waals surface area contributed by atoms with E-state index in [9.17, 15) is 19.8 Å². The van der Waals surface area contributed by atoms with Crippen LogP contribution in [-0.4, -0.2) is 39.4 Å². The first-order valence-electron chi connectivity index (χ1n) is 19.9. The molecule has 2 aliphatic carbocycles. The number of aryl methyl sites for hydroxylation is 2. The number of nitrogens with zero attached hydrogens (tertiary/aromatic N) is 2. The Bertz CT molecular complexity index is 2190. The van der Waals surface area contributed by atoms with Crippen molar-refractivity contribution in [2.75, 3.05) is 6.54 Å². The molecule has 2 atom stereocenters. The van der Waals surface area contributed by atoms with Crippen LogP contribution >= 0.6 is 0 Å². The summed E-state index contributed by atoms with van der Waals surface area (Å²) < 4.78 is 6.38. The van der Waals surface area contributed by atoms with Crippen LogP contribution in [0.5, 0.6) is 17.2 Å². The van der Waals surface area contributed by atoms with Gasteiger partial charge in [-0.3, -0.25) is 9.59 Å². The number of H-pyrrole nitrogens is 1. The standard InChI is InChI=1S/C47H49N3O5/c51-37-11-6-8-30(25-37)7-1-4-14-41-40-18-20-48-42(40)27-36-29-50-47-34(17-19-49-47)22-31-9-5-10-32(21-31)23-35-24-33(15-16-38(52)28-43(53)45(36)41)26-44(46(35)54)55-39-12-2-3-13-39/h5-6,8-11,17-21,24-27,39,41,45,49,51,54H,1-4,7,12-16,22-23,28-29H2/q-2/t41-,45-/m1/s1. The molecule has 1 saturated carbocycles. The predicted octanol–water partition coefficient (Wildman–Crippen LogP) is 9.58. The van der Waals surface area contributed by atoms with E-state index in [2.05, 4.69) is 40.3 Å². The highest BCUT2D eigenvalue weighted by molar-refractivity contribution is 6.02. The molecule has 284 valence electrons. The van der Waals surface area contributed by atoms with Crippen LogP contribution in [0.15, 0.2) is 90.8 Å². The minimum absolute atomic E-state index is 0.0718. The summed E-state index contributed by atoms with van der Waals surface area (Å²) in [6, 6.07) is 23.8. The number of phenolic OH excluding ortho intramolecular Hbond substituents is 2. The Balaban J connectivity index is 1.10. The molecule has 1 aliphatic heterocycles. The maximum absolute atomic E-state index is 14.5. The SMILES string of the molecule is O=C1CCc2cc(c(O)c(OC3CCCC3)c2)Cc2cccc(c2)Cc2cc[nH]c2[N-]CC2=Cc3[n-]ccc3[C@@H](CCCCc3cccc(O)c3)[C@@H]2C(=O)C1. The summed E-state index contributed by atoms with van der Waals surface area (Å²) in [5.74, 6) is 0.892. The topological polar surface area (TPSA) is 128 Å². The van der Waals surface area contributed by atoms with Gasteiger partial charge in [-0.25, -0.2) is 0 Å². The average molecular weight is 736 g/mol. The maximum atomic E-state index is 14.5. The lowest BCUT2D eigenvalue weighted by Gasteiger charge is -2.36. The predicted molar refractivity (Wildman–Crippen MR) is 214 cm³/mol. The molecule has 0 spiro atoms. The van der Waals surface area contributed by atoms with Crippen LogP contribution in [0.25, 0.3) is 11.4 Å². The summed E-state index contributed by atoms with van der Waals surface area (Å²) in [5, 5.41) is 26.5. The van der Waals surface area contributed by atoms with Gasteiger partial charge in [-0.2, -0.15) is 6.20 Å². The van der Waals surface area contributed by atoms with Crippen molar-refractivity contribution < 1.29 is 24.5 Å². The lowest BCUT2D eigenvalue weighted by Crippen LogP contribution is -2.30. The van der Waals surface area contributed by atoms with Crippen molar-refractivity contribution >= 4 is 23.5 Å². The third-order valence-corrected chi connectivity index (χ3v) is 11.7. The van der Waals surface area contributed by atoms with Crippen LogP contribution in [0, 0.1) is 5.92 Å². The Morgan fingerprint density at radius 1 is 0.818 bits per heavy atom. The van der Waals surface area contributed by atoms with Crippen LogP contribution in [0.3, 0.4) is 0 Å². The summed E-state index contributed by atoms with van der Waals surface area (Å²) in [4.78, 5) is 36.2. The van der Waals surface area contributed by atoms with Gasteiger partial charge in [-0.15, -0.1) is 5.69 Å². The molecule has 4 bridgehead atoms. The first-order valence-corrected chi connectivity index (χ1v) is 19.9. The van der Waals surface area contributed by atoms with Gasteiger partial charge < -0.3 is 30.2 Å². The van der Waals surface area contributed by atoms with Crippen LogP contribution < -0.4 is 9.72 Å². The minimum Gasteiger partial charge on any atom is -0.664 e. The Labute approximate surface area is 323 Å². The van der Waals surface area contributed by atoms with E-state index in [0.29, 0.717) is 31.6 Å². The zero-order valence-corrected chi connectivity index (χ0v) is 31.3. The van der Waals surface area contributed by atoms with E-state index in [-0.39, 0.29) is 47.9 Å². The number of phenols is 2. The highest BCUT2D eigenvalue weighted by Crippen LogP contribution is 2.44. The molecule has 8 nitrogen and oxygen atoms in total. The van der Waals surface area contributed by atoms with E-state index >= 15 is 0 Å². The molecule has 0 radical (unpaired) electrons. The molecular formula is C47H49N3O5-2. The van der Waals surface area contributed by atoms with Gasteiger partial charge in [0.1, 0.15) is 17.3 Å². The van der Waals surface area contributed by atoms with E-state index < -0.39 is 5.92 Å². The summed E-state index contributed by atoms with van der Waals surface area (Å²) in [5.41, 5.74) is 8.85. The van der Waals surface area contributed by atoms with Gasteiger partial charge in [0.2, 0.25) is 0 Å². The minimum atomic E-state index is -0.492. The molecule has 2 aromatic heterocycles. The first-order chi connectivity index (χ1) is 26.9. The van der Waals surface area contributed by atoms with Gasteiger partial charge >= 0.3 is 0 Å². The molecule has 0 amide bonds. The molecule has 3 aromatic carbocycles. The molecule has 0 saturated heterocycles. The molecule has 8 heteroatoms. The molecule has 0 unspecified atom stereocenters. The first kappa shape index (κ1) is 36.5. The number of carbonyl (C=O) groups is 2. The van der Waals surface area contributed by atoms with Crippen molar-refractivity contribution in [3.8, 4) is 17.2 Å². The number of unbranched alkanes of at least 4 members (excludes halogenated alkanes) is 1. The number of nitrogens with one attached hydrogen (secondary N) is 1. The highest BCUT2D eigenvalue weighted by atomic mass is 16.5. The Kier molecular flexibility index (Phi) is 10.9.